The summed E-state index contributed by atoms with van der Waals surface area (Å²) in [4.78, 5) is 0.826. The maximum Gasteiger partial charge on any atom is 0.119 e. The highest BCUT2D eigenvalue weighted by Gasteiger charge is 1.97. The first-order chi connectivity index (χ1) is 7.36. The summed E-state index contributed by atoms with van der Waals surface area (Å²) in [6.45, 7) is 2.86. The molecule has 84 valence electrons. The molecule has 0 unspecified atom stereocenters. The topological polar surface area (TPSA) is 47.9 Å². The van der Waals surface area contributed by atoms with E-state index in [0.717, 1.165) is 42.1 Å². The standard InChI is InChI=1S/C10H14O4S/c1-2-3-8-12-9-4-6-10(7-5-9)15-14-13-11/h4-7,11H,2-3,8H2,1H3. The molecule has 0 atom stereocenters. The number of benzene rings is 1. The summed E-state index contributed by atoms with van der Waals surface area (Å²) in [6, 6.07) is 7.34. The lowest BCUT2D eigenvalue weighted by Gasteiger charge is -2.05. The second kappa shape index (κ2) is 7.53. The van der Waals surface area contributed by atoms with Crippen LogP contribution in [-0.2, 0) is 9.37 Å². The molecular formula is C10H14O4S. The Bertz CT molecular complexity index is 263. The average molecular weight is 230 g/mol. The molecule has 0 heterocycles. The van der Waals surface area contributed by atoms with E-state index in [1.807, 2.05) is 24.3 Å². The molecule has 5 heteroatoms. The van der Waals surface area contributed by atoms with E-state index in [2.05, 4.69) is 16.3 Å². The Balaban J connectivity index is 2.35. The highest BCUT2D eigenvalue weighted by atomic mass is 32.2. The van der Waals surface area contributed by atoms with Gasteiger partial charge in [-0.1, -0.05) is 18.4 Å². The number of hydrogen-bond donors (Lipinski definition) is 1. The molecule has 0 saturated heterocycles. The Morgan fingerprint density at radius 2 is 2.00 bits per heavy atom. The van der Waals surface area contributed by atoms with Gasteiger partial charge in [-0.15, -0.1) is 4.33 Å². The summed E-state index contributed by atoms with van der Waals surface area (Å²) in [6.07, 6.45) is 2.17. The van der Waals surface area contributed by atoms with Gasteiger partial charge in [0, 0.05) is 4.90 Å². The second-order valence-corrected chi connectivity index (χ2v) is 3.67. The van der Waals surface area contributed by atoms with Crippen molar-refractivity contribution >= 4 is 12.0 Å². The van der Waals surface area contributed by atoms with Gasteiger partial charge in [0.1, 0.15) is 5.75 Å². The summed E-state index contributed by atoms with van der Waals surface area (Å²) in [5, 5.41) is 11.4. The van der Waals surface area contributed by atoms with Crippen molar-refractivity contribution in [1.29, 1.82) is 0 Å². The first kappa shape index (κ1) is 12.3. The van der Waals surface area contributed by atoms with E-state index in [-0.39, 0.29) is 0 Å². The van der Waals surface area contributed by atoms with Crippen LogP contribution in [0.15, 0.2) is 29.2 Å². The molecule has 1 aromatic rings. The maximum atomic E-state index is 7.96. The number of ether oxygens (including phenoxy) is 1. The van der Waals surface area contributed by atoms with Crippen molar-refractivity contribution in [1.82, 2.24) is 0 Å². The zero-order valence-electron chi connectivity index (χ0n) is 8.51. The van der Waals surface area contributed by atoms with Crippen molar-refractivity contribution in [2.45, 2.75) is 24.7 Å². The lowest BCUT2D eigenvalue weighted by atomic mass is 10.3. The highest BCUT2D eigenvalue weighted by molar-refractivity contribution is 7.94. The predicted molar refractivity (Wildman–Crippen MR) is 57.5 cm³/mol. The third kappa shape index (κ3) is 5.03. The number of unbranched alkanes of at least 4 members (excludes halogenated alkanes) is 1. The van der Waals surface area contributed by atoms with Gasteiger partial charge in [-0.05, 0) is 30.7 Å². The van der Waals surface area contributed by atoms with E-state index in [1.54, 1.807) is 0 Å². The Labute approximate surface area is 93.2 Å². The Hall–Kier alpha value is -0.750. The minimum Gasteiger partial charge on any atom is -0.494 e. The summed E-state index contributed by atoms with van der Waals surface area (Å²) in [5.41, 5.74) is 0. The molecule has 0 aliphatic rings. The Kier molecular flexibility index (Phi) is 6.18. The third-order valence-electron chi connectivity index (χ3n) is 1.75. The molecule has 0 spiro atoms. The van der Waals surface area contributed by atoms with Gasteiger partial charge >= 0.3 is 0 Å². The van der Waals surface area contributed by atoms with Crippen LogP contribution in [0, 0.1) is 0 Å². The van der Waals surface area contributed by atoms with E-state index in [1.165, 1.54) is 0 Å². The molecule has 0 radical (unpaired) electrons. The highest BCUT2D eigenvalue weighted by Crippen LogP contribution is 2.22. The van der Waals surface area contributed by atoms with E-state index in [4.69, 9.17) is 9.99 Å². The average Bonchev–Trinajstić information content (AvgIpc) is 2.28. The molecule has 15 heavy (non-hydrogen) atoms. The molecule has 0 bridgehead atoms. The van der Waals surface area contributed by atoms with Crippen molar-refractivity contribution in [2.75, 3.05) is 6.61 Å². The van der Waals surface area contributed by atoms with Crippen molar-refractivity contribution < 1.29 is 19.4 Å². The molecule has 0 saturated carbocycles. The first-order valence-corrected chi connectivity index (χ1v) is 5.48. The van der Waals surface area contributed by atoms with Crippen LogP contribution in [0.1, 0.15) is 19.8 Å². The minimum absolute atomic E-state index is 0.735. The third-order valence-corrected chi connectivity index (χ3v) is 2.34. The molecule has 0 amide bonds. The quantitative estimate of drug-likeness (QED) is 0.337. The van der Waals surface area contributed by atoms with Gasteiger partial charge in [-0.25, -0.2) is 5.26 Å². The van der Waals surface area contributed by atoms with Gasteiger partial charge < -0.3 is 4.74 Å². The fourth-order valence-corrected chi connectivity index (χ4v) is 1.34. The zero-order chi connectivity index (χ0) is 10.9. The number of rotatable bonds is 7. The van der Waals surface area contributed by atoms with Gasteiger partial charge in [0.15, 0.2) is 0 Å². The normalized spacial score (nSPS) is 10.3. The van der Waals surface area contributed by atoms with Crippen molar-refractivity contribution in [2.24, 2.45) is 0 Å². The van der Waals surface area contributed by atoms with Crippen LogP contribution < -0.4 is 4.74 Å². The van der Waals surface area contributed by atoms with Gasteiger partial charge in [0.25, 0.3) is 0 Å². The van der Waals surface area contributed by atoms with Gasteiger partial charge in [0.05, 0.1) is 18.6 Å². The molecule has 0 aliphatic heterocycles. The molecule has 4 nitrogen and oxygen atoms in total. The summed E-state index contributed by atoms with van der Waals surface area (Å²) in [5.74, 6) is 0.831. The van der Waals surface area contributed by atoms with Crippen LogP contribution in [-0.4, -0.2) is 11.9 Å². The van der Waals surface area contributed by atoms with Crippen LogP contribution in [0.25, 0.3) is 0 Å². The van der Waals surface area contributed by atoms with Crippen molar-refractivity contribution in [3.8, 4) is 5.75 Å². The summed E-state index contributed by atoms with van der Waals surface area (Å²) >= 11 is 0.930. The predicted octanol–water partition coefficient (Wildman–Crippen LogP) is 3.29. The molecule has 1 rings (SSSR count). The van der Waals surface area contributed by atoms with Gasteiger partial charge in [-0.2, -0.15) is 0 Å². The van der Waals surface area contributed by atoms with Crippen molar-refractivity contribution in [3.05, 3.63) is 24.3 Å². The smallest absolute Gasteiger partial charge is 0.119 e. The van der Waals surface area contributed by atoms with Gasteiger partial charge in [0.2, 0.25) is 0 Å². The largest absolute Gasteiger partial charge is 0.494 e. The fraction of sp³-hybridized carbons (Fsp3) is 0.400. The Morgan fingerprint density at radius 3 is 2.60 bits per heavy atom. The lowest BCUT2D eigenvalue weighted by Crippen LogP contribution is -1.95. The SMILES string of the molecule is CCCCOc1ccc(SOOO)cc1. The van der Waals surface area contributed by atoms with Crippen LogP contribution in [0.4, 0.5) is 0 Å². The molecule has 0 aliphatic carbocycles. The molecule has 0 aromatic heterocycles. The van der Waals surface area contributed by atoms with Crippen LogP contribution in [0.5, 0.6) is 5.75 Å². The van der Waals surface area contributed by atoms with E-state index >= 15 is 0 Å². The first-order valence-electron chi connectivity index (χ1n) is 4.74. The fourth-order valence-electron chi connectivity index (χ4n) is 0.980. The molecule has 1 aromatic carbocycles. The summed E-state index contributed by atoms with van der Waals surface area (Å²) < 4.78 is 9.76. The van der Waals surface area contributed by atoms with E-state index in [0.29, 0.717) is 0 Å². The minimum atomic E-state index is 0.735. The van der Waals surface area contributed by atoms with Crippen LogP contribution in [0.2, 0.25) is 0 Å². The molecule has 1 N–H and O–H groups in total. The van der Waals surface area contributed by atoms with E-state index < -0.39 is 0 Å². The van der Waals surface area contributed by atoms with E-state index in [9.17, 15) is 0 Å². The maximum absolute atomic E-state index is 7.96. The molecular weight excluding hydrogens is 216 g/mol. The second-order valence-electron chi connectivity index (χ2n) is 2.90. The summed E-state index contributed by atoms with van der Waals surface area (Å²) in [7, 11) is 0. The number of hydrogen-bond acceptors (Lipinski definition) is 5. The zero-order valence-corrected chi connectivity index (χ0v) is 9.33. The van der Waals surface area contributed by atoms with Crippen LogP contribution in [0.3, 0.4) is 0 Å². The monoisotopic (exact) mass is 230 g/mol. The van der Waals surface area contributed by atoms with Gasteiger partial charge in [-0.3, -0.25) is 0 Å². The Morgan fingerprint density at radius 1 is 1.27 bits per heavy atom. The lowest BCUT2D eigenvalue weighted by molar-refractivity contribution is -0.432. The molecule has 0 fully saturated rings. The van der Waals surface area contributed by atoms with Crippen LogP contribution >= 0.6 is 12.0 Å². The van der Waals surface area contributed by atoms with Crippen molar-refractivity contribution in [3.63, 3.8) is 0 Å².